The Kier molecular flexibility index (Phi) is 10.6. The Labute approximate surface area is 273 Å². The normalized spacial score (nSPS) is 28.5. The summed E-state index contributed by atoms with van der Waals surface area (Å²) in [5, 5.41) is 9.87. The van der Waals surface area contributed by atoms with Gasteiger partial charge in [0.1, 0.15) is 0 Å². The van der Waals surface area contributed by atoms with E-state index in [2.05, 4.69) is 0 Å². The van der Waals surface area contributed by atoms with Crippen molar-refractivity contribution in [3.05, 3.63) is 23.8 Å². The van der Waals surface area contributed by atoms with E-state index in [0.29, 0.717) is 50.1 Å². The molecule has 0 aromatic heterocycles. The Morgan fingerprint density at radius 1 is 1.09 bits per heavy atom. The third-order valence-corrected chi connectivity index (χ3v) is 13.1. The number of hydrogen-bond acceptors (Lipinski definition) is 8. The minimum Gasteiger partial charge on any atom is -0.469 e. The summed E-state index contributed by atoms with van der Waals surface area (Å²) in [6.45, 7) is 7.05. The van der Waals surface area contributed by atoms with E-state index in [9.17, 15) is 29.1 Å². The highest BCUT2D eigenvalue weighted by Gasteiger charge is 2.66. The van der Waals surface area contributed by atoms with E-state index in [4.69, 9.17) is 9.47 Å². The fourth-order valence-electron chi connectivity index (χ4n) is 8.37. The average molecular weight is 658 g/mol. The summed E-state index contributed by atoms with van der Waals surface area (Å²) in [6, 6.07) is 5.49. The van der Waals surface area contributed by atoms with E-state index in [1.165, 1.54) is 7.11 Å². The maximum atomic E-state index is 14.7. The number of nitrogens with zero attached hydrogens (tertiary/aromatic N) is 3. The lowest BCUT2D eigenvalue weighted by Gasteiger charge is -2.33. The summed E-state index contributed by atoms with van der Waals surface area (Å²) < 4.78 is 11.7. The molecule has 5 atom stereocenters. The van der Waals surface area contributed by atoms with Crippen molar-refractivity contribution >= 4 is 43.4 Å². The fourth-order valence-corrected chi connectivity index (χ4v) is 10.9. The molecule has 12 heteroatoms. The number of ether oxygens (including phenoxy) is 2. The molecule has 4 heterocycles. The number of carbonyl (C=O) groups excluding carboxylic acids is 4. The zero-order valence-electron chi connectivity index (χ0n) is 27.8. The molecule has 0 aliphatic carbocycles. The van der Waals surface area contributed by atoms with Crippen LogP contribution in [0.3, 0.4) is 0 Å². The van der Waals surface area contributed by atoms with E-state index < -0.39 is 31.5 Å². The van der Waals surface area contributed by atoms with E-state index in [0.717, 1.165) is 44.2 Å². The predicted molar refractivity (Wildman–Crippen MR) is 176 cm³/mol. The Morgan fingerprint density at radius 2 is 1.85 bits per heavy atom. The quantitative estimate of drug-likeness (QED) is 0.220. The highest BCUT2D eigenvalue weighted by molar-refractivity contribution is 6.71. The molecule has 3 saturated heterocycles. The van der Waals surface area contributed by atoms with Crippen molar-refractivity contribution in [2.45, 2.75) is 114 Å². The highest BCUT2D eigenvalue weighted by Crippen LogP contribution is 2.60. The van der Waals surface area contributed by atoms with Gasteiger partial charge in [0.25, 0.3) is 5.91 Å². The summed E-state index contributed by atoms with van der Waals surface area (Å²) in [6.07, 6.45) is 6.56. The van der Waals surface area contributed by atoms with Crippen molar-refractivity contribution < 1.29 is 38.6 Å². The molecule has 3 fully saturated rings. The zero-order valence-corrected chi connectivity index (χ0v) is 28.8. The molecule has 3 amide bonds. The van der Waals surface area contributed by atoms with Crippen LogP contribution in [0.1, 0.15) is 83.1 Å². The summed E-state index contributed by atoms with van der Waals surface area (Å²) in [7, 11) is -1.64. The summed E-state index contributed by atoms with van der Waals surface area (Å²) in [4.78, 5) is 70.3. The van der Waals surface area contributed by atoms with Crippen LogP contribution >= 0.6 is 0 Å². The molecule has 1 aromatic rings. The van der Waals surface area contributed by atoms with Crippen LogP contribution in [0.25, 0.3) is 0 Å². The van der Waals surface area contributed by atoms with E-state index in [1.807, 2.05) is 43.1 Å². The number of anilines is 2. The minimum atomic E-state index is -3.00. The standard InChI is InChI=1S/C34H51N3O8Si/c1-23-32(46(3,4)43)28(21-30(40)36-19-11-12-25(36)22-38)45-34(23)26-20-24(35-17-9-6-5-7-13-29(35)39)15-16-27(26)37(33(34)42)18-10-8-14-31(41)44-2/h15-16,20,23,25,28,32,38,43H,5-14,17-19,21-22H2,1-4H3/t23-,25+,28+,32-,34+/m1/s1. The zero-order chi connectivity index (χ0) is 33.2. The number of benzene rings is 1. The van der Waals surface area contributed by atoms with Gasteiger partial charge in [0.15, 0.2) is 13.9 Å². The van der Waals surface area contributed by atoms with E-state index in [-0.39, 0.29) is 49.2 Å². The van der Waals surface area contributed by atoms with Gasteiger partial charge in [-0.1, -0.05) is 19.8 Å². The van der Waals surface area contributed by atoms with Crippen LogP contribution in [0.4, 0.5) is 11.4 Å². The van der Waals surface area contributed by atoms with Gasteiger partial charge in [-0.2, -0.15) is 0 Å². The molecule has 0 radical (unpaired) electrons. The van der Waals surface area contributed by atoms with Crippen molar-refractivity contribution in [3.8, 4) is 0 Å². The van der Waals surface area contributed by atoms with Crippen LogP contribution in [0, 0.1) is 5.92 Å². The van der Waals surface area contributed by atoms with Gasteiger partial charge < -0.3 is 34.1 Å². The second-order valence-electron chi connectivity index (χ2n) is 14.0. The fraction of sp³-hybridized carbons (Fsp3) is 0.706. The molecule has 4 aliphatic rings. The molecule has 46 heavy (non-hydrogen) atoms. The molecule has 1 aromatic carbocycles. The van der Waals surface area contributed by atoms with Crippen LogP contribution in [0.15, 0.2) is 18.2 Å². The van der Waals surface area contributed by atoms with Gasteiger partial charge in [-0.3, -0.25) is 19.2 Å². The number of esters is 1. The monoisotopic (exact) mass is 657 g/mol. The number of likely N-dealkylation sites (tertiary alicyclic amines) is 1. The number of hydrogen-bond donors (Lipinski definition) is 2. The molecular formula is C34H51N3O8Si. The lowest BCUT2D eigenvalue weighted by atomic mass is 9.82. The van der Waals surface area contributed by atoms with Crippen molar-refractivity contribution in [1.29, 1.82) is 0 Å². The first-order valence-electron chi connectivity index (χ1n) is 17.1. The van der Waals surface area contributed by atoms with Gasteiger partial charge in [-0.15, -0.1) is 0 Å². The predicted octanol–water partition coefficient (Wildman–Crippen LogP) is 3.84. The number of carbonyl (C=O) groups is 4. The van der Waals surface area contributed by atoms with Gasteiger partial charge in [0.2, 0.25) is 11.8 Å². The van der Waals surface area contributed by atoms with Gasteiger partial charge in [-0.25, -0.2) is 0 Å². The number of amides is 3. The van der Waals surface area contributed by atoms with Crippen molar-refractivity contribution in [2.24, 2.45) is 5.92 Å². The molecule has 1 spiro atoms. The lowest BCUT2D eigenvalue weighted by molar-refractivity contribution is -0.150. The van der Waals surface area contributed by atoms with Crippen LogP contribution in [-0.2, 0) is 34.3 Å². The molecule has 5 rings (SSSR count). The average Bonchev–Trinajstić information content (AvgIpc) is 3.67. The third-order valence-electron chi connectivity index (χ3n) is 10.6. The van der Waals surface area contributed by atoms with Gasteiger partial charge in [-0.05, 0) is 69.8 Å². The van der Waals surface area contributed by atoms with Crippen LogP contribution in [-0.4, -0.2) is 92.3 Å². The van der Waals surface area contributed by atoms with Crippen molar-refractivity contribution in [3.63, 3.8) is 0 Å². The Morgan fingerprint density at radius 3 is 2.57 bits per heavy atom. The number of aliphatic hydroxyl groups is 1. The summed E-state index contributed by atoms with van der Waals surface area (Å²) in [5.74, 6) is -1.07. The smallest absolute Gasteiger partial charge is 0.305 e. The molecule has 11 nitrogen and oxygen atoms in total. The maximum Gasteiger partial charge on any atom is 0.305 e. The summed E-state index contributed by atoms with van der Waals surface area (Å²) in [5.41, 5.74) is 0.221. The molecule has 0 unspecified atom stereocenters. The highest BCUT2D eigenvalue weighted by atomic mass is 28.4. The first-order chi connectivity index (χ1) is 21.9. The van der Waals surface area contributed by atoms with Crippen molar-refractivity contribution in [2.75, 3.05) is 43.2 Å². The largest absolute Gasteiger partial charge is 0.469 e. The topological polar surface area (TPSA) is 137 Å². The first kappa shape index (κ1) is 34.5. The molecule has 0 bridgehead atoms. The van der Waals surface area contributed by atoms with Crippen LogP contribution in [0.5, 0.6) is 0 Å². The first-order valence-corrected chi connectivity index (χ1v) is 20.1. The maximum absolute atomic E-state index is 14.7. The number of aliphatic hydroxyl groups excluding tert-OH is 1. The number of methoxy groups -OCH3 is 1. The molecular weight excluding hydrogens is 606 g/mol. The number of fused-ring (bicyclic) bond motifs is 2. The second-order valence-corrected chi connectivity index (χ2v) is 18.0. The summed E-state index contributed by atoms with van der Waals surface area (Å²) >= 11 is 0. The lowest BCUT2D eigenvalue weighted by Crippen LogP contribution is -2.46. The molecule has 0 saturated carbocycles. The van der Waals surface area contributed by atoms with E-state index >= 15 is 0 Å². The van der Waals surface area contributed by atoms with Gasteiger partial charge in [0, 0.05) is 55.2 Å². The number of rotatable bonds is 10. The van der Waals surface area contributed by atoms with Crippen LogP contribution in [0.2, 0.25) is 18.6 Å². The minimum absolute atomic E-state index is 0.0102. The third kappa shape index (κ3) is 6.50. The SMILES string of the molecule is COC(=O)CCCCN1C(=O)[C@@]2(O[C@@H](CC(=O)N3CCC[C@H]3CO)[C@H]([Si](C)(C)O)[C@H]2C)c2cc(N3CCCCCCC3=O)ccc21. The van der Waals surface area contributed by atoms with Crippen molar-refractivity contribution in [1.82, 2.24) is 4.90 Å². The van der Waals surface area contributed by atoms with E-state index in [1.54, 1.807) is 9.80 Å². The Balaban J connectivity index is 1.53. The Hall–Kier alpha value is -2.80. The second kappa shape index (κ2) is 14.1. The van der Waals surface area contributed by atoms with Crippen LogP contribution < -0.4 is 9.80 Å². The number of unbranched alkanes of at least 4 members (excludes halogenated alkanes) is 1. The molecule has 4 aliphatic heterocycles. The van der Waals surface area contributed by atoms with Gasteiger partial charge >= 0.3 is 5.97 Å². The Bertz CT molecular complexity index is 1320. The molecule has 254 valence electrons. The van der Waals surface area contributed by atoms with Gasteiger partial charge in [0.05, 0.1) is 38.0 Å². The molecule has 2 N–H and O–H groups in total.